The van der Waals surface area contributed by atoms with Gasteiger partial charge in [0, 0.05) is 30.2 Å². The zero-order chi connectivity index (χ0) is 18.4. The molecular formula is C18H27ClIN3O3. The number of aliphatic hydroxyl groups excluding tert-OH is 1. The van der Waals surface area contributed by atoms with Gasteiger partial charge in [-0.05, 0) is 18.9 Å². The zero-order valence-electron chi connectivity index (χ0n) is 15.3. The van der Waals surface area contributed by atoms with Crippen LogP contribution in [0.4, 0.5) is 0 Å². The van der Waals surface area contributed by atoms with Crippen LogP contribution in [0.3, 0.4) is 0 Å². The molecule has 1 aromatic carbocycles. The highest BCUT2D eigenvalue weighted by Crippen LogP contribution is 2.25. The Bertz CT molecular complexity index is 629. The second kappa shape index (κ2) is 10.9. The van der Waals surface area contributed by atoms with Crippen LogP contribution >= 0.6 is 35.6 Å². The van der Waals surface area contributed by atoms with Gasteiger partial charge >= 0.3 is 5.97 Å². The third kappa shape index (κ3) is 5.72. The molecule has 2 N–H and O–H groups in total. The molecule has 0 amide bonds. The summed E-state index contributed by atoms with van der Waals surface area (Å²) in [6.45, 7) is 6.19. The molecule has 26 heavy (non-hydrogen) atoms. The molecule has 8 heteroatoms. The Hall–Kier alpha value is -1.06. The fourth-order valence-electron chi connectivity index (χ4n) is 3.04. The minimum Gasteiger partial charge on any atom is -0.469 e. The van der Waals surface area contributed by atoms with Crippen molar-refractivity contribution in [2.24, 2.45) is 16.8 Å². The summed E-state index contributed by atoms with van der Waals surface area (Å²) >= 11 is 6.13. The molecular weight excluding hydrogens is 469 g/mol. The summed E-state index contributed by atoms with van der Waals surface area (Å²) in [4.78, 5) is 18.4. The number of hydrogen-bond acceptors (Lipinski definition) is 4. The third-order valence-electron chi connectivity index (χ3n) is 4.43. The lowest BCUT2D eigenvalue weighted by Gasteiger charge is -2.22. The minimum absolute atomic E-state index is 0. The molecule has 1 saturated heterocycles. The summed E-state index contributed by atoms with van der Waals surface area (Å²) < 4.78 is 4.88. The molecule has 0 saturated carbocycles. The molecule has 0 bridgehead atoms. The van der Waals surface area contributed by atoms with Gasteiger partial charge in [0.15, 0.2) is 5.96 Å². The maximum absolute atomic E-state index is 11.9. The van der Waals surface area contributed by atoms with E-state index in [9.17, 15) is 9.90 Å². The van der Waals surface area contributed by atoms with Gasteiger partial charge in [-0.15, -0.1) is 24.0 Å². The number of carbonyl (C=O) groups excluding carboxylic acids is 1. The quantitative estimate of drug-likeness (QED) is 0.284. The first kappa shape index (κ1) is 23.0. The monoisotopic (exact) mass is 495 g/mol. The Morgan fingerprint density at radius 3 is 2.77 bits per heavy atom. The van der Waals surface area contributed by atoms with Gasteiger partial charge in [-0.25, -0.2) is 0 Å². The molecule has 6 nitrogen and oxygen atoms in total. The van der Waals surface area contributed by atoms with Crippen molar-refractivity contribution in [1.82, 2.24) is 10.2 Å². The molecule has 146 valence electrons. The predicted molar refractivity (Wildman–Crippen MR) is 114 cm³/mol. The van der Waals surface area contributed by atoms with Crippen LogP contribution in [0.25, 0.3) is 0 Å². The van der Waals surface area contributed by atoms with Gasteiger partial charge in [-0.1, -0.05) is 36.7 Å². The van der Waals surface area contributed by atoms with Crippen molar-refractivity contribution in [2.75, 3.05) is 33.3 Å². The number of esters is 1. The highest BCUT2D eigenvalue weighted by Gasteiger charge is 2.36. The number of ether oxygens (including phenoxy) is 1. The van der Waals surface area contributed by atoms with Gasteiger partial charge in [0.25, 0.3) is 0 Å². The Morgan fingerprint density at radius 1 is 1.46 bits per heavy atom. The second-order valence-electron chi connectivity index (χ2n) is 6.24. The van der Waals surface area contributed by atoms with Crippen LogP contribution in [-0.4, -0.2) is 55.2 Å². The third-order valence-corrected chi connectivity index (χ3v) is 4.77. The summed E-state index contributed by atoms with van der Waals surface area (Å²) in [5.74, 6) is 0.515. The number of aliphatic hydroxyl groups is 1. The lowest BCUT2D eigenvalue weighted by molar-refractivity contribution is -0.145. The normalized spacial score (nSPS) is 21.1. The number of halogens is 2. The van der Waals surface area contributed by atoms with E-state index in [2.05, 4.69) is 10.3 Å². The summed E-state index contributed by atoms with van der Waals surface area (Å²) in [6, 6.07) is 7.20. The van der Waals surface area contributed by atoms with Crippen LogP contribution in [0.1, 0.15) is 25.5 Å². The average molecular weight is 496 g/mol. The van der Waals surface area contributed by atoms with Crippen molar-refractivity contribution < 1.29 is 14.6 Å². The number of benzene rings is 1. The lowest BCUT2D eigenvalue weighted by Crippen LogP contribution is -2.41. The molecule has 1 aromatic rings. The van der Waals surface area contributed by atoms with Crippen molar-refractivity contribution in [3.63, 3.8) is 0 Å². The number of nitrogens with zero attached hydrogens (tertiary/aromatic N) is 2. The maximum atomic E-state index is 11.9. The van der Waals surface area contributed by atoms with Crippen molar-refractivity contribution >= 4 is 47.5 Å². The minimum atomic E-state index is -0.779. The molecule has 1 aliphatic rings. The van der Waals surface area contributed by atoms with Crippen LogP contribution in [0.2, 0.25) is 5.02 Å². The molecule has 0 spiro atoms. The summed E-state index contributed by atoms with van der Waals surface area (Å²) in [7, 11) is 1.41. The maximum Gasteiger partial charge on any atom is 0.310 e. The zero-order valence-corrected chi connectivity index (χ0v) is 18.4. The molecule has 3 atom stereocenters. The highest BCUT2D eigenvalue weighted by atomic mass is 127. The Balaban J connectivity index is 0.00000338. The van der Waals surface area contributed by atoms with Gasteiger partial charge in [0.1, 0.15) is 6.10 Å². The number of carbonyl (C=O) groups is 1. The largest absolute Gasteiger partial charge is 0.469 e. The number of aliphatic imine (C=N–C) groups is 1. The SMILES string of the molecule is CCNC(=NCC(O)c1ccccc1Cl)N1CC(C)C(C(=O)OC)C1.I. The fourth-order valence-corrected chi connectivity index (χ4v) is 3.30. The van der Waals surface area contributed by atoms with Gasteiger partial charge in [0.2, 0.25) is 0 Å². The molecule has 1 fully saturated rings. The second-order valence-corrected chi connectivity index (χ2v) is 6.65. The summed E-state index contributed by atoms with van der Waals surface area (Å²) in [6.07, 6.45) is -0.779. The van der Waals surface area contributed by atoms with Crippen LogP contribution in [-0.2, 0) is 9.53 Å². The van der Waals surface area contributed by atoms with Gasteiger partial charge in [-0.2, -0.15) is 0 Å². The van der Waals surface area contributed by atoms with Crippen molar-refractivity contribution in [3.05, 3.63) is 34.9 Å². The average Bonchev–Trinajstić information content (AvgIpc) is 2.99. The van der Waals surface area contributed by atoms with Gasteiger partial charge in [-0.3, -0.25) is 9.79 Å². The van der Waals surface area contributed by atoms with Crippen LogP contribution in [0.15, 0.2) is 29.3 Å². The van der Waals surface area contributed by atoms with E-state index in [1.165, 1.54) is 7.11 Å². The smallest absolute Gasteiger partial charge is 0.310 e. The first-order valence-corrected chi connectivity index (χ1v) is 8.89. The molecule has 0 aromatic heterocycles. The topological polar surface area (TPSA) is 74.2 Å². The standard InChI is InChI=1S/C18H26ClN3O3.HI/c1-4-20-18(22-10-12(2)14(11-22)17(24)25-3)21-9-16(23)13-7-5-6-8-15(13)19;/h5-8,12,14,16,23H,4,9-11H2,1-3H3,(H,20,21);1H. The van der Waals surface area contributed by atoms with Gasteiger partial charge in [0.05, 0.1) is 19.6 Å². The number of rotatable bonds is 5. The van der Waals surface area contributed by atoms with Crippen molar-refractivity contribution in [2.45, 2.75) is 20.0 Å². The molecule has 0 aliphatic carbocycles. The van der Waals surface area contributed by atoms with E-state index < -0.39 is 6.10 Å². The lowest BCUT2D eigenvalue weighted by atomic mass is 9.99. The van der Waals surface area contributed by atoms with Crippen LogP contribution in [0, 0.1) is 11.8 Å². The molecule has 2 rings (SSSR count). The Labute approximate surface area is 177 Å². The number of methoxy groups -OCH3 is 1. The summed E-state index contributed by atoms with van der Waals surface area (Å²) in [5, 5.41) is 14.1. The molecule has 3 unspecified atom stereocenters. The Kier molecular flexibility index (Phi) is 9.67. The van der Waals surface area contributed by atoms with Crippen molar-refractivity contribution in [3.8, 4) is 0 Å². The first-order chi connectivity index (χ1) is 12.0. The van der Waals surface area contributed by atoms with Crippen LogP contribution < -0.4 is 5.32 Å². The number of hydrogen-bond donors (Lipinski definition) is 2. The molecule has 1 aliphatic heterocycles. The van der Waals surface area contributed by atoms with E-state index in [0.717, 1.165) is 0 Å². The van der Waals surface area contributed by atoms with Gasteiger partial charge < -0.3 is 20.1 Å². The van der Waals surface area contributed by atoms with E-state index in [4.69, 9.17) is 16.3 Å². The van der Waals surface area contributed by atoms with E-state index in [1.807, 2.05) is 30.9 Å². The number of guanidine groups is 1. The van der Waals surface area contributed by atoms with Crippen molar-refractivity contribution in [1.29, 1.82) is 0 Å². The van der Waals surface area contributed by atoms with E-state index in [-0.39, 0.29) is 48.3 Å². The molecule has 0 radical (unpaired) electrons. The Morgan fingerprint density at radius 2 is 2.15 bits per heavy atom. The van der Waals surface area contributed by atoms with E-state index in [1.54, 1.807) is 12.1 Å². The highest BCUT2D eigenvalue weighted by molar-refractivity contribution is 14.0. The van der Waals surface area contributed by atoms with Crippen LogP contribution in [0.5, 0.6) is 0 Å². The van der Waals surface area contributed by atoms with E-state index in [0.29, 0.717) is 36.2 Å². The van der Waals surface area contributed by atoms with E-state index >= 15 is 0 Å². The first-order valence-electron chi connectivity index (χ1n) is 8.51. The number of nitrogens with one attached hydrogen (secondary N) is 1. The predicted octanol–water partition coefficient (Wildman–Crippen LogP) is 2.70. The molecule has 1 heterocycles. The number of likely N-dealkylation sites (tertiary alicyclic amines) is 1. The summed E-state index contributed by atoms with van der Waals surface area (Å²) in [5.41, 5.74) is 0.658. The fraction of sp³-hybridized carbons (Fsp3) is 0.556.